The van der Waals surface area contributed by atoms with Gasteiger partial charge in [-0.05, 0) is 36.0 Å². The molecular formula is C15H26N2O2. The van der Waals surface area contributed by atoms with Crippen molar-refractivity contribution >= 4 is 6.03 Å². The average Bonchev–Trinajstić information content (AvgIpc) is 2.91. The number of nitrogens with zero attached hydrogens (tertiary/aromatic N) is 1. The first kappa shape index (κ1) is 13.2. The zero-order valence-corrected chi connectivity index (χ0v) is 12.4. The first-order valence-electron chi connectivity index (χ1n) is 7.59. The van der Waals surface area contributed by atoms with Gasteiger partial charge in [0.25, 0.3) is 0 Å². The topological polar surface area (TPSA) is 41.6 Å². The van der Waals surface area contributed by atoms with Gasteiger partial charge in [0.15, 0.2) is 0 Å². The summed E-state index contributed by atoms with van der Waals surface area (Å²) < 4.78 is 6.16. The minimum Gasteiger partial charge on any atom is -0.376 e. The van der Waals surface area contributed by atoms with Crippen molar-refractivity contribution in [2.75, 3.05) is 26.2 Å². The Morgan fingerprint density at radius 1 is 1.42 bits per heavy atom. The van der Waals surface area contributed by atoms with E-state index in [0.717, 1.165) is 25.6 Å². The lowest BCUT2D eigenvalue weighted by Crippen LogP contribution is -2.39. The van der Waals surface area contributed by atoms with E-state index in [1.165, 1.54) is 19.3 Å². The Hall–Kier alpha value is -0.770. The molecule has 2 amide bonds. The number of hydrogen-bond acceptors (Lipinski definition) is 2. The maximum atomic E-state index is 11.5. The molecule has 1 saturated heterocycles. The molecule has 3 atom stereocenters. The molecule has 1 heterocycles. The Labute approximate surface area is 115 Å². The third kappa shape index (κ3) is 1.87. The van der Waals surface area contributed by atoms with Crippen LogP contribution in [0.2, 0.25) is 0 Å². The fraction of sp³-hybridized carbons (Fsp3) is 0.933. The summed E-state index contributed by atoms with van der Waals surface area (Å²) in [6, 6.07) is 0.0584. The van der Waals surface area contributed by atoms with Crippen LogP contribution in [0.25, 0.3) is 0 Å². The first-order valence-corrected chi connectivity index (χ1v) is 7.59. The molecular weight excluding hydrogens is 240 g/mol. The Kier molecular flexibility index (Phi) is 3.04. The van der Waals surface area contributed by atoms with Crippen molar-refractivity contribution in [3.8, 4) is 0 Å². The summed E-state index contributed by atoms with van der Waals surface area (Å²) in [4.78, 5) is 13.3. The smallest absolute Gasteiger partial charge is 0.317 e. The van der Waals surface area contributed by atoms with Crippen LogP contribution in [0.4, 0.5) is 4.79 Å². The van der Waals surface area contributed by atoms with Crippen LogP contribution in [0.15, 0.2) is 0 Å². The van der Waals surface area contributed by atoms with Crippen LogP contribution < -0.4 is 5.32 Å². The molecule has 4 heteroatoms. The quantitative estimate of drug-likeness (QED) is 0.848. The molecule has 3 fully saturated rings. The predicted octanol–water partition coefficient (Wildman–Crippen LogP) is 2.24. The van der Waals surface area contributed by atoms with Gasteiger partial charge in [-0.25, -0.2) is 4.79 Å². The van der Waals surface area contributed by atoms with Crippen LogP contribution in [0.5, 0.6) is 0 Å². The molecule has 0 unspecified atom stereocenters. The Bertz CT molecular complexity index is 382. The monoisotopic (exact) mass is 266 g/mol. The number of rotatable bonds is 4. The highest BCUT2D eigenvalue weighted by Crippen LogP contribution is 2.66. The van der Waals surface area contributed by atoms with Crippen molar-refractivity contribution in [2.24, 2.45) is 16.7 Å². The molecule has 3 rings (SSSR count). The molecule has 3 aliphatic rings. The third-order valence-electron chi connectivity index (χ3n) is 6.34. The van der Waals surface area contributed by atoms with Crippen LogP contribution in [-0.2, 0) is 4.74 Å². The fourth-order valence-corrected chi connectivity index (χ4v) is 4.41. The van der Waals surface area contributed by atoms with Gasteiger partial charge in [-0.1, -0.05) is 20.8 Å². The van der Waals surface area contributed by atoms with Gasteiger partial charge in [0.05, 0.1) is 12.7 Å². The molecule has 0 radical (unpaired) electrons. The van der Waals surface area contributed by atoms with E-state index in [4.69, 9.17) is 4.74 Å². The lowest BCUT2D eigenvalue weighted by atomic mass is 9.70. The Morgan fingerprint density at radius 2 is 2.21 bits per heavy atom. The fourth-order valence-electron chi connectivity index (χ4n) is 4.41. The zero-order chi connectivity index (χ0) is 13.7. The summed E-state index contributed by atoms with van der Waals surface area (Å²) in [5.74, 6) is 0.817. The highest BCUT2D eigenvalue weighted by molar-refractivity contribution is 5.76. The van der Waals surface area contributed by atoms with Crippen molar-refractivity contribution in [1.29, 1.82) is 0 Å². The van der Waals surface area contributed by atoms with E-state index in [0.29, 0.717) is 23.5 Å². The minimum atomic E-state index is 0.0584. The zero-order valence-electron chi connectivity index (χ0n) is 12.4. The van der Waals surface area contributed by atoms with Gasteiger partial charge in [-0.3, -0.25) is 0 Å². The van der Waals surface area contributed by atoms with Gasteiger partial charge in [0, 0.05) is 19.6 Å². The highest BCUT2D eigenvalue weighted by Gasteiger charge is 2.61. The SMILES string of the molecule is CC1(C)[C@H]2CC[C@@]1(C)[C@H](OCCN1CCNC1=O)C2. The van der Waals surface area contributed by atoms with E-state index in [2.05, 4.69) is 26.1 Å². The van der Waals surface area contributed by atoms with Crippen LogP contribution in [0, 0.1) is 16.7 Å². The second-order valence-corrected chi connectivity index (χ2v) is 7.19. The van der Waals surface area contributed by atoms with E-state index in [-0.39, 0.29) is 6.03 Å². The number of hydrogen-bond donors (Lipinski definition) is 1. The Morgan fingerprint density at radius 3 is 2.74 bits per heavy atom. The maximum Gasteiger partial charge on any atom is 0.317 e. The number of fused-ring (bicyclic) bond motifs is 2. The number of amides is 2. The number of carbonyl (C=O) groups is 1. The summed E-state index contributed by atoms with van der Waals surface area (Å²) in [6.45, 7) is 10.2. The number of ether oxygens (including phenoxy) is 1. The van der Waals surface area contributed by atoms with E-state index in [1.54, 1.807) is 0 Å². The van der Waals surface area contributed by atoms with Gasteiger partial charge in [0.2, 0.25) is 0 Å². The highest BCUT2D eigenvalue weighted by atomic mass is 16.5. The van der Waals surface area contributed by atoms with Crippen molar-refractivity contribution < 1.29 is 9.53 Å². The normalized spacial score (nSPS) is 39.9. The molecule has 2 saturated carbocycles. The molecule has 0 aromatic carbocycles. The molecule has 2 bridgehead atoms. The first-order chi connectivity index (χ1) is 8.95. The second kappa shape index (κ2) is 4.37. The summed E-state index contributed by atoms with van der Waals surface area (Å²) in [5.41, 5.74) is 0.730. The largest absolute Gasteiger partial charge is 0.376 e. The van der Waals surface area contributed by atoms with E-state index in [1.807, 2.05) is 4.90 Å². The van der Waals surface area contributed by atoms with Crippen LogP contribution in [0.1, 0.15) is 40.0 Å². The molecule has 19 heavy (non-hydrogen) atoms. The van der Waals surface area contributed by atoms with E-state index < -0.39 is 0 Å². The lowest BCUT2D eigenvalue weighted by Gasteiger charge is -2.39. The molecule has 0 aromatic heterocycles. The van der Waals surface area contributed by atoms with Crippen LogP contribution in [0.3, 0.4) is 0 Å². The summed E-state index contributed by atoms with van der Waals surface area (Å²) in [6.07, 6.45) is 4.24. The van der Waals surface area contributed by atoms with E-state index >= 15 is 0 Å². The lowest BCUT2D eigenvalue weighted by molar-refractivity contribution is -0.0490. The maximum absolute atomic E-state index is 11.5. The molecule has 0 aromatic rings. The molecule has 0 spiro atoms. The van der Waals surface area contributed by atoms with Crippen molar-refractivity contribution in [3.05, 3.63) is 0 Å². The van der Waals surface area contributed by atoms with Gasteiger partial charge in [-0.15, -0.1) is 0 Å². The third-order valence-corrected chi connectivity index (χ3v) is 6.34. The molecule has 108 valence electrons. The van der Waals surface area contributed by atoms with Crippen LogP contribution in [-0.4, -0.2) is 43.3 Å². The summed E-state index contributed by atoms with van der Waals surface area (Å²) in [5, 5.41) is 2.83. The van der Waals surface area contributed by atoms with E-state index in [9.17, 15) is 4.79 Å². The Balaban J connectivity index is 1.53. The second-order valence-electron chi connectivity index (χ2n) is 7.19. The van der Waals surface area contributed by atoms with Gasteiger partial charge < -0.3 is 15.0 Å². The average molecular weight is 266 g/mol. The van der Waals surface area contributed by atoms with Crippen molar-refractivity contribution in [2.45, 2.75) is 46.1 Å². The van der Waals surface area contributed by atoms with Gasteiger partial charge in [0.1, 0.15) is 0 Å². The van der Waals surface area contributed by atoms with Crippen molar-refractivity contribution in [1.82, 2.24) is 10.2 Å². The van der Waals surface area contributed by atoms with Gasteiger partial charge >= 0.3 is 6.03 Å². The molecule has 1 aliphatic heterocycles. The minimum absolute atomic E-state index is 0.0584. The molecule has 1 N–H and O–H groups in total. The van der Waals surface area contributed by atoms with Crippen LogP contribution >= 0.6 is 0 Å². The number of nitrogens with one attached hydrogen (secondary N) is 1. The number of carbonyl (C=O) groups excluding carboxylic acids is 1. The summed E-state index contributed by atoms with van der Waals surface area (Å²) in [7, 11) is 0. The standard InChI is InChI=1S/C15H26N2O2/c1-14(2)11-4-5-15(14,3)12(10-11)19-9-8-17-7-6-16-13(17)18/h11-12H,4-10H2,1-3H3,(H,16,18)/t11-,12+,15-/m0/s1. The summed E-state index contributed by atoms with van der Waals surface area (Å²) >= 11 is 0. The molecule has 2 aliphatic carbocycles. The predicted molar refractivity (Wildman–Crippen MR) is 73.9 cm³/mol. The van der Waals surface area contributed by atoms with Gasteiger partial charge in [-0.2, -0.15) is 0 Å². The van der Waals surface area contributed by atoms with Crippen molar-refractivity contribution in [3.63, 3.8) is 0 Å². The molecule has 4 nitrogen and oxygen atoms in total. The number of urea groups is 1.